The molecule has 276 valence electrons. The van der Waals surface area contributed by atoms with E-state index in [0.29, 0.717) is 19.5 Å². The van der Waals surface area contributed by atoms with Crippen molar-refractivity contribution in [3.63, 3.8) is 0 Å². The zero-order chi connectivity index (χ0) is 35.0. The van der Waals surface area contributed by atoms with Gasteiger partial charge in [-0.1, -0.05) is 71.4 Å². The van der Waals surface area contributed by atoms with E-state index in [9.17, 15) is 19.2 Å². The van der Waals surface area contributed by atoms with E-state index in [1.54, 1.807) is 11.9 Å². The summed E-state index contributed by atoms with van der Waals surface area (Å²) < 4.78 is 0. The number of hydrogen-bond acceptors (Lipinski definition) is 6. The molecule has 48 heavy (non-hydrogen) atoms. The van der Waals surface area contributed by atoms with Crippen molar-refractivity contribution in [3.8, 4) is 0 Å². The van der Waals surface area contributed by atoms with Crippen LogP contribution in [0.15, 0.2) is 30.3 Å². The van der Waals surface area contributed by atoms with E-state index in [2.05, 4.69) is 62.1 Å². The minimum Gasteiger partial charge on any atom is -0.412 e. The molecule has 0 saturated carbocycles. The van der Waals surface area contributed by atoms with Gasteiger partial charge in [0.25, 0.3) is 0 Å². The molecule has 0 radical (unpaired) electrons. The van der Waals surface area contributed by atoms with Crippen LogP contribution < -0.4 is 10.6 Å². The van der Waals surface area contributed by atoms with Crippen molar-refractivity contribution in [2.45, 2.75) is 98.1 Å². The number of hydrogen-bond donors (Lipinski definition) is 2. The van der Waals surface area contributed by atoms with Crippen LogP contribution in [0.5, 0.6) is 0 Å². The van der Waals surface area contributed by atoms with E-state index >= 15 is 0 Å². The number of benzene rings is 1. The molecule has 0 bridgehead atoms. The fraction of sp³-hybridized carbons (Fsp3) is 0.730. The van der Waals surface area contributed by atoms with Gasteiger partial charge in [-0.3, -0.25) is 24.1 Å². The summed E-state index contributed by atoms with van der Waals surface area (Å²) in [6, 6.07) is 10.0. The normalized spacial score (nSPS) is 18.1. The van der Waals surface area contributed by atoms with Crippen LogP contribution in [-0.2, 0) is 25.6 Å². The Bertz CT molecular complexity index is 981. The van der Waals surface area contributed by atoms with Gasteiger partial charge in [0.05, 0.1) is 12.6 Å². The molecule has 4 rings (SSSR count). The SMILES string of the molecule is CC(C)C.CC(C)[C@@H](CN1CCC[C@H]1C(=O)N1CCCC1)N(C)C(=O)CNC=O.CN1CCCCC1.O.O=CNCCc1ccccc1. The maximum Gasteiger partial charge on any atom is 0.241 e. The van der Waals surface area contributed by atoms with E-state index in [1.807, 2.05) is 35.2 Å². The number of likely N-dealkylation sites (tertiary alicyclic amines) is 3. The van der Waals surface area contributed by atoms with Gasteiger partial charge in [-0.05, 0) is 89.0 Å². The zero-order valence-electron chi connectivity index (χ0n) is 31.1. The number of carbonyl (C=O) groups excluding carboxylic acids is 4. The fourth-order valence-corrected chi connectivity index (χ4v) is 5.90. The molecular weight excluding hydrogens is 608 g/mol. The summed E-state index contributed by atoms with van der Waals surface area (Å²) in [6.07, 6.45) is 10.6. The molecule has 0 aliphatic carbocycles. The fourth-order valence-electron chi connectivity index (χ4n) is 5.90. The Balaban J connectivity index is 0.000000783. The van der Waals surface area contributed by atoms with Gasteiger partial charge in [-0.2, -0.15) is 0 Å². The lowest BCUT2D eigenvalue weighted by atomic mass is 10.0. The first-order valence-electron chi connectivity index (χ1n) is 17.9. The van der Waals surface area contributed by atoms with Crippen LogP contribution in [0.2, 0.25) is 0 Å². The van der Waals surface area contributed by atoms with Crippen molar-refractivity contribution in [1.82, 2.24) is 30.2 Å². The van der Waals surface area contributed by atoms with Crippen LogP contribution in [0.1, 0.15) is 85.1 Å². The van der Waals surface area contributed by atoms with Crippen molar-refractivity contribution >= 4 is 24.6 Å². The second kappa shape index (κ2) is 26.9. The molecule has 3 aliphatic rings. The predicted molar refractivity (Wildman–Crippen MR) is 196 cm³/mol. The Labute approximate surface area is 291 Å². The summed E-state index contributed by atoms with van der Waals surface area (Å²) in [5.74, 6) is 1.26. The Hall–Kier alpha value is -3.02. The van der Waals surface area contributed by atoms with Gasteiger partial charge >= 0.3 is 0 Å². The average Bonchev–Trinajstić information content (AvgIpc) is 3.76. The first kappa shape index (κ1) is 45.0. The molecule has 3 heterocycles. The first-order chi connectivity index (χ1) is 22.5. The summed E-state index contributed by atoms with van der Waals surface area (Å²) >= 11 is 0. The highest BCUT2D eigenvalue weighted by atomic mass is 16.2. The molecule has 4 N–H and O–H groups in total. The average molecular weight is 677 g/mol. The second-order valence-corrected chi connectivity index (χ2v) is 13.9. The van der Waals surface area contributed by atoms with Crippen molar-refractivity contribution in [3.05, 3.63) is 35.9 Å². The molecular formula is C37H68N6O5. The zero-order valence-corrected chi connectivity index (χ0v) is 31.1. The van der Waals surface area contributed by atoms with Crippen LogP contribution in [0.25, 0.3) is 0 Å². The van der Waals surface area contributed by atoms with Crippen LogP contribution >= 0.6 is 0 Å². The molecule has 1 aromatic rings. The Morgan fingerprint density at radius 1 is 0.854 bits per heavy atom. The molecule has 0 aromatic heterocycles. The summed E-state index contributed by atoms with van der Waals surface area (Å²) in [4.78, 5) is 53.7. The Kier molecular flexibility index (Phi) is 25.2. The van der Waals surface area contributed by atoms with Crippen LogP contribution in [0.3, 0.4) is 0 Å². The monoisotopic (exact) mass is 677 g/mol. The van der Waals surface area contributed by atoms with E-state index in [1.165, 1.54) is 37.9 Å². The highest BCUT2D eigenvalue weighted by Crippen LogP contribution is 2.24. The van der Waals surface area contributed by atoms with Gasteiger partial charge in [0.1, 0.15) is 0 Å². The number of nitrogens with one attached hydrogen (secondary N) is 2. The molecule has 2 atom stereocenters. The molecule has 3 aliphatic heterocycles. The number of carbonyl (C=O) groups is 4. The molecule has 11 heteroatoms. The third kappa shape index (κ3) is 19.1. The molecule has 3 fully saturated rings. The lowest BCUT2D eigenvalue weighted by Gasteiger charge is -2.37. The number of nitrogens with zero attached hydrogens (tertiary/aromatic N) is 4. The first-order valence-corrected chi connectivity index (χ1v) is 17.9. The maximum absolute atomic E-state index is 12.8. The lowest BCUT2D eigenvalue weighted by molar-refractivity contribution is -0.136. The molecule has 1 aromatic carbocycles. The van der Waals surface area contributed by atoms with Crippen molar-refractivity contribution in [1.29, 1.82) is 0 Å². The molecule has 0 spiro atoms. The second-order valence-electron chi connectivity index (χ2n) is 13.9. The Morgan fingerprint density at radius 3 is 1.92 bits per heavy atom. The van der Waals surface area contributed by atoms with E-state index in [0.717, 1.165) is 64.1 Å². The van der Waals surface area contributed by atoms with E-state index in [4.69, 9.17) is 0 Å². The van der Waals surface area contributed by atoms with Crippen LogP contribution in [-0.4, -0.2) is 128 Å². The van der Waals surface area contributed by atoms with Gasteiger partial charge in [-0.15, -0.1) is 0 Å². The van der Waals surface area contributed by atoms with Crippen LogP contribution in [0.4, 0.5) is 0 Å². The van der Waals surface area contributed by atoms with E-state index in [-0.39, 0.29) is 41.8 Å². The van der Waals surface area contributed by atoms with E-state index < -0.39 is 0 Å². The number of piperidine rings is 1. The summed E-state index contributed by atoms with van der Waals surface area (Å²) in [7, 11) is 3.98. The van der Waals surface area contributed by atoms with Crippen molar-refractivity contribution < 1.29 is 24.7 Å². The predicted octanol–water partition coefficient (Wildman–Crippen LogP) is 3.22. The third-order valence-corrected chi connectivity index (χ3v) is 8.55. The highest BCUT2D eigenvalue weighted by Gasteiger charge is 2.37. The van der Waals surface area contributed by atoms with Crippen molar-refractivity contribution in [2.75, 3.05) is 66.5 Å². The van der Waals surface area contributed by atoms with Gasteiger partial charge in [0, 0.05) is 39.3 Å². The largest absolute Gasteiger partial charge is 0.412 e. The molecule has 3 saturated heterocycles. The molecule has 11 nitrogen and oxygen atoms in total. The Morgan fingerprint density at radius 2 is 1.42 bits per heavy atom. The summed E-state index contributed by atoms with van der Waals surface area (Å²) in [5, 5.41) is 5.05. The smallest absolute Gasteiger partial charge is 0.241 e. The summed E-state index contributed by atoms with van der Waals surface area (Å²) in [6.45, 7) is 17.4. The van der Waals surface area contributed by atoms with Gasteiger partial charge in [0.15, 0.2) is 0 Å². The topological polar surface area (TPSA) is 137 Å². The maximum atomic E-state index is 12.8. The third-order valence-electron chi connectivity index (χ3n) is 8.55. The lowest BCUT2D eigenvalue weighted by Crippen LogP contribution is -2.53. The quantitative estimate of drug-likeness (QED) is 0.258. The van der Waals surface area contributed by atoms with Crippen LogP contribution in [0, 0.1) is 11.8 Å². The van der Waals surface area contributed by atoms with Gasteiger partial charge in [-0.25, -0.2) is 0 Å². The molecule has 0 unspecified atom stereocenters. The number of rotatable bonds is 12. The molecule has 4 amide bonds. The van der Waals surface area contributed by atoms with Gasteiger partial charge < -0.3 is 30.8 Å². The minimum absolute atomic E-state index is 0. The highest BCUT2D eigenvalue weighted by molar-refractivity contribution is 5.82. The number of likely N-dealkylation sites (N-methyl/N-ethyl adjacent to an activating group) is 1. The number of amides is 4. The van der Waals surface area contributed by atoms with Crippen molar-refractivity contribution in [2.24, 2.45) is 11.8 Å². The summed E-state index contributed by atoms with van der Waals surface area (Å²) in [5.41, 5.74) is 1.25. The standard InChI is InChI=1S/C18H32N4O3.C9H11NO.C6H13N.C4H10.H2O/c1-14(2)16(20(3)17(24)11-19-13-23)12-22-10-6-7-15(22)18(25)21-8-4-5-9-21;11-8-10-7-6-9-4-2-1-3-5-9;1-7-5-3-2-4-6-7;1-4(2)3;/h13-16H,4-12H2,1-3H3,(H,19,23);1-5,8H,6-7H2,(H,10,11);2-6H2,1H3;4H,1-3H3;1H2/t15-,16+;;;;/m0..../s1. The minimum atomic E-state index is -0.104. The van der Waals surface area contributed by atoms with Gasteiger partial charge in [0.2, 0.25) is 24.6 Å².